The van der Waals surface area contributed by atoms with Gasteiger partial charge in [-0.25, -0.2) is 8.42 Å². The highest BCUT2D eigenvalue weighted by Gasteiger charge is 2.40. The van der Waals surface area contributed by atoms with Crippen molar-refractivity contribution >= 4 is 27.5 Å². The van der Waals surface area contributed by atoms with Crippen LogP contribution in [0.2, 0.25) is 0 Å². The van der Waals surface area contributed by atoms with Gasteiger partial charge in [-0.2, -0.15) is 4.31 Å². The summed E-state index contributed by atoms with van der Waals surface area (Å²) >= 11 is 0. The van der Waals surface area contributed by atoms with Crippen LogP contribution in [-0.4, -0.2) is 47.6 Å². The number of hydrogen-bond acceptors (Lipinski definition) is 7. The van der Waals surface area contributed by atoms with Gasteiger partial charge >= 0.3 is 5.97 Å². The summed E-state index contributed by atoms with van der Waals surface area (Å²) in [5.74, 6) is -1.37. The van der Waals surface area contributed by atoms with Crippen molar-refractivity contribution < 1.29 is 27.7 Å². The second-order valence-corrected chi connectivity index (χ2v) is 11.2. The Labute approximate surface area is 199 Å². The highest BCUT2D eigenvalue weighted by atomic mass is 32.2. The molecule has 0 saturated heterocycles. The van der Waals surface area contributed by atoms with Gasteiger partial charge in [0.25, 0.3) is 5.69 Å². The molecule has 0 aromatic heterocycles. The number of hydrogen-bond donors (Lipinski definition) is 0. The fraction of sp³-hybridized carbons (Fsp3) is 0.417. The van der Waals surface area contributed by atoms with Crippen LogP contribution in [0.3, 0.4) is 0 Å². The zero-order chi connectivity index (χ0) is 25.7. The Morgan fingerprint density at radius 1 is 1.03 bits per heavy atom. The van der Waals surface area contributed by atoms with Crippen LogP contribution in [0.4, 0.5) is 5.69 Å². The van der Waals surface area contributed by atoms with Crippen LogP contribution >= 0.6 is 0 Å². The molecule has 0 unspecified atom stereocenters. The van der Waals surface area contributed by atoms with Crippen LogP contribution in [0.1, 0.15) is 51.4 Å². The SMILES string of the molecule is CC(C)C[C@@H](C(=O)OC(C)(C)C)N(CC(=O)c1ccccc1)S(=O)(=O)c1ccc([N+](=O)[O-])cc1. The third kappa shape index (κ3) is 7.19. The van der Waals surface area contributed by atoms with E-state index in [9.17, 15) is 28.1 Å². The lowest BCUT2D eigenvalue weighted by molar-refractivity contribution is -0.384. The van der Waals surface area contributed by atoms with E-state index in [4.69, 9.17) is 4.74 Å². The zero-order valence-corrected chi connectivity index (χ0v) is 20.7. The van der Waals surface area contributed by atoms with E-state index in [1.165, 1.54) is 0 Å². The molecular weight excluding hydrogens is 460 g/mol. The standard InChI is InChI=1S/C24H30N2O7S/c1-17(2)15-21(23(28)33-24(3,4)5)25(16-22(27)18-9-7-6-8-10-18)34(31,32)20-13-11-19(12-14-20)26(29)30/h6-14,17,21H,15-16H2,1-5H3/t21-/m0/s1. The Morgan fingerprint density at radius 3 is 2.06 bits per heavy atom. The smallest absolute Gasteiger partial charge is 0.325 e. The minimum atomic E-state index is -4.40. The molecule has 10 heteroatoms. The summed E-state index contributed by atoms with van der Waals surface area (Å²) in [6, 6.07) is 11.2. The molecule has 0 heterocycles. The van der Waals surface area contributed by atoms with Gasteiger partial charge in [0.15, 0.2) is 5.78 Å². The summed E-state index contributed by atoms with van der Waals surface area (Å²) in [6.45, 7) is 8.06. The van der Waals surface area contributed by atoms with Gasteiger partial charge in [0, 0.05) is 17.7 Å². The number of carbonyl (C=O) groups excluding carboxylic acids is 2. The van der Waals surface area contributed by atoms with Crippen LogP contribution in [0, 0.1) is 16.0 Å². The average Bonchev–Trinajstić information content (AvgIpc) is 2.75. The molecule has 2 aromatic rings. The topological polar surface area (TPSA) is 124 Å². The van der Waals surface area contributed by atoms with Crippen molar-refractivity contribution in [1.82, 2.24) is 4.31 Å². The van der Waals surface area contributed by atoms with Gasteiger partial charge in [0.2, 0.25) is 10.0 Å². The highest BCUT2D eigenvalue weighted by Crippen LogP contribution is 2.26. The number of sulfonamides is 1. The Morgan fingerprint density at radius 2 is 1.59 bits per heavy atom. The normalized spacial score (nSPS) is 13.0. The quantitative estimate of drug-likeness (QED) is 0.211. The lowest BCUT2D eigenvalue weighted by atomic mass is 10.0. The number of nitrogens with zero attached hydrogens (tertiary/aromatic N) is 2. The minimum Gasteiger partial charge on any atom is -0.459 e. The largest absolute Gasteiger partial charge is 0.459 e. The summed E-state index contributed by atoms with van der Waals surface area (Å²) < 4.78 is 33.7. The van der Waals surface area contributed by atoms with Gasteiger partial charge in [-0.05, 0) is 45.2 Å². The van der Waals surface area contributed by atoms with Gasteiger partial charge in [-0.3, -0.25) is 19.7 Å². The first kappa shape index (κ1) is 27.1. The number of nitro benzene ring substituents is 1. The average molecular weight is 491 g/mol. The monoisotopic (exact) mass is 490 g/mol. The Kier molecular flexibility index (Phi) is 8.68. The van der Waals surface area contributed by atoms with Crippen LogP contribution in [0.15, 0.2) is 59.5 Å². The Hall–Kier alpha value is -3.11. The first-order valence-corrected chi connectivity index (χ1v) is 12.2. The van der Waals surface area contributed by atoms with Crippen molar-refractivity contribution in [1.29, 1.82) is 0 Å². The summed E-state index contributed by atoms with van der Waals surface area (Å²) in [6.07, 6.45) is 0.114. The van der Waals surface area contributed by atoms with E-state index in [2.05, 4.69) is 0 Å². The third-order valence-corrected chi connectivity index (χ3v) is 6.64. The molecule has 1 atom stereocenters. The molecule has 9 nitrogen and oxygen atoms in total. The molecule has 2 aromatic carbocycles. The Bertz CT molecular complexity index is 1120. The van der Waals surface area contributed by atoms with Crippen molar-refractivity contribution in [3.05, 3.63) is 70.3 Å². The molecule has 34 heavy (non-hydrogen) atoms. The van der Waals surface area contributed by atoms with Crippen molar-refractivity contribution in [3.63, 3.8) is 0 Å². The van der Waals surface area contributed by atoms with Crippen LogP contribution < -0.4 is 0 Å². The maximum absolute atomic E-state index is 13.7. The Balaban J connectivity index is 2.58. The number of esters is 1. The number of Topliss-reactive ketones (excluding diaryl/α,β-unsaturated/α-hetero) is 1. The molecular formula is C24H30N2O7S. The minimum absolute atomic E-state index is 0.0982. The summed E-state index contributed by atoms with van der Waals surface area (Å²) in [4.78, 5) is 36.3. The van der Waals surface area contributed by atoms with Crippen molar-refractivity contribution in [2.75, 3.05) is 6.54 Å². The molecule has 0 saturated carbocycles. The highest BCUT2D eigenvalue weighted by molar-refractivity contribution is 7.89. The fourth-order valence-corrected chi connectivity index (χ4v) is 4.79. The van der Waals surface area contributed by atoms with E-state index < -0.39 is 44.9 Å². The molecule has 0 bridgehead atoms. The number of ether oxygens (including phenoxy) is 1. The summed E-state index contributed by atoms with van der Waals surface area (Å²) in [5, 5.41) is 11.0. The van der Waals surface area contributed by atoms with Crippen molar-refractivity contribution in [3.8, 4) is 0 Å². The van der Waals surface area contributed by atoms with E-state index >= 15 is 0 Å². The summed E-state index contributed by atoms with van der Waals surface area (Å²) in [7, 11) is -4.40. The molecule has 0 spiro atoms. The number of non-ortho nitro benzene ring substituents is 1. The fourth-order valence-electron chi connectivity index (χ4n) is 3.24. The van der Waals surface area contributed by atoms with Gasteiger partial charge in [-0.15, -0.1) is 0 Å². The third-order valence-electron chi connectivity index (χ3n) is 4.77. The second kappa shape index (κ2) is 10.9. The predicted molar refractivity (Wildman–Crippen MR) is 127 cm³/mol. The maximum Gasteiger partial charge on any atom is 0.325 e. The zero-order valence-electron chi connectivity index (χ0n) is 19.9. The number of carbonyl (C=O) groups is 2. The van der Waals surface area contributed by atoms with Crippen LogP contribution in [0.5, 0.6) is 0 Å². The molecule has 0 aliphatic heterocycles. The van der Waals surface area contributed by atoms with Gasteiger partial charge in [0.1, 0.15) is 11.6 Å². The number of ketones is 1. The van der Waals surface area contributed by atoms with Crippen molar-refractivity contribution in [2.45, 2.75) is 57.6 Å². The molecule has 2 rings (SSSR count). The first-order valence-electron chi connectivity index (χ1n) is 10.8. The molecule has 0 aliphatic carbocycles. The number of benzene rings is 2. The summed E-state index contributed by atoms with van der Waals surface area (Å²) in [5.41, 5.74) is -0.867. The van der Waals surface area contributed by atoms with Gasteiger partial charge < -0.3 is 4.74 Å². The maximum atomic E-state index is 13.7. The second-order valence-electron chi connectivity index (χ2n) is 9.27. The number of rotatable bonds is 10. The van der Waals surface area contributed by atoms with Crippen LogP contribution in [0.25, 0.3) is 0 Å². The molecule has 0 aliphatic rings. The van der Waals surface area contributed by atoms with E-state index in [0.717, 1.165) is 28.6 Å². The lowest BCUT2D eigenvalue weighted by Crippen LogP contribution is -2.50. The van der Waals surface area contributed by atoms with Gasteiger partial charge in [-0.1, -0.05) is 44.2 Å². The van der Waals surface area contributed by atoms with E-state index in [1.54, 1.807) is 51.1 Å². The van der Waals surface area contributed by atoms with E-state index in [1.807, 2.05) is 13.8 Å². The molecule has 0 N–H and O–H groups in total. The van der Waals surface area contributed by atoms with E-state index in [0.29, 0.717) is 5.56 Å². The van der Waals surface area contributed by atoms with E-state index in [-0.39, 0.29) is 22.9 Å². The first-order chi connectivity index (χ1) is 15.7. The number of nitro groups is 1. The molecule has 0 fully saturated rings. The lowest BCUT2D eigenvalue weighted by Gasteiger charge is -2.32. The molecule has 0 amide bonds. The van der Waals surface area contributed by atoms with Crippen LogP contribution in [-0.2, 0) is 19.6 Å². The predicted octanol–water partition coefficient (Wildman–Crippen LogP) is 4.22. The van der Waals surface area contributed by atoms with Crippen molar-refractivity contribution in [2.24, 2.45) is 5.92 Å². The molecule has 184 valence electrons. The molecule has 0 radical (unpaired) electrons. The van der Waals surface area contributed by atoms with Gasteiger partial charge in [0.05, 0.1) is 16.4 Å².